The Labute approximate surface area is 139 Å². The Balaban J connectivity index is 1.70. The number of morpholine rings is 1. The third-order valence-corrected chi connectivity index (χ3v) is 4.63. The van der Waals surface area contributed by atoms with E-state index in [0.717, 1.165) is 57.2 Å². The first-order valence-electron chi connectivity index (χ1n) is 7.57. The van der Waals surface area contributed by atoms with E-state index in [1.54, 1.807) is 4.90 Å². The van der Waals surface area contributed by atoms with Crippen LogP contribution in [0.1, 0.15) is 6.42 Å². The zero-order chi connectivity index (χ0) is 15.4. The second-order valence-electron chi connectivity index (χ2n) is 5.45. The maximum Gasteiger partial charge on any atom is 0.195 e. The molecule has 1 aliphatic rings. The van der Waals surface area contributed by atoms with Crippen molar-refractivity contribution in [3.63, 3.8) is 0 Å². The molecule has 0 bridgehead atoms. The zero-order valence-electron chi connectivity index (χ0n) is 12.3. The average Bonchev–Trinajstić information content (AvgIpc) is 2.90. The summed E-state index contributed by atoms with van der Waals surface area (Å²) in [6.07, 6.45) is 1.06. The molecule has 0 spiro atoms. The molecular weight excluding hydrogens is 320 g/mol. The van der Waals surface area contributed by atoms with Gasteiger partial charge in [-0.15, -0.1) is 0 Å². The SMILES string of the molecule is S=c1[nH]nc(-c2ccccc2Cl)n1CCC[NH+]1CCOCC1. The van der Waals surface area contributed by atoms with Crippen molar-refractivity contribution in [3.05, 3.63) is 34.1 Å². The minimum atomic E-state index is 0.645. The predicted molar refractivity (Wildman–Crippen MR) is 88.9 cm³/mol. The Hall–Kier alpha value is -1.21. The highest BCUT2D eigenvalue weighted by Crippen LogP contribution is 2.25. The molecule has 3 rings (SSSR count). The minimum Gasteiger partial charge on any atom is -0.370 e. The van der Waals surface area contributed by atoms with Crippen molar-refractivity contribution in [1.29, 1.82) is 0 Å². The maximum atomic E-state index is 6.28. The molecule has 5 nitrogen and oxygen atoms in total. The van der Waals surface area contributed by atoms with E-state index in [2.05, 4.69) is 10.2 Å². The smallest absolute Gasteiger partial charge is 0.195 e. The molecule has 0 saturated carbocycles. The highest BCUT2D eigenvalue weighted by atomic mass is 35.5. The van der Waals surface area contributed by atoms with Crippen LogP contribution in [0.15, 0.2) is 24.3 Å². The number of aromatic amines is 1. The van der Waals surface area contributed by atoms with Crippen molar-refractivity contribution >= 4 is 23.8 Å². The zero-order valence-corrected chi connectivity index (χ0v) is 13.9. The molecule has 0 atom stereocenters. The lowest BCUT2D eigenvalue weighted by Crippen LogP contribution is -3.14. The van der Waals surface area contributed by atoms with Gasteiger partial charge in [-0.3, -0.25) is 9.67 Å². The van der Waals surface area contributed by atoms with Crippen LogP contribution in [0.25, 0.3) is 11.4 Å². The highest BCUT2D eigenvalue weighted by molar-refractivity contribution is 7.71. The lowest BCUT2D eigenvalue weighted by molar-refractivity contribution is -0.908. The van der Waals surface area contributed by atoms with Crippen molar-refractivity contribution in [2.75, 3.05) is 32.8 Å². The molecule has 1 aromatic heterocycles. The van der Waals surface area contributed by atoms with E-state index in [-0.39, 0.29) is 0 Å². The largest absolute Gasteiger partial charge is 0.370 e. The normalized spacial score (nSPS) is 16.0. The van der Waals surface area contributed by atoms with Crippen LogP contribution in [0.3, 0.4) is 0 Å². The van der Waals surface area contributed by atoms with E-state index >= 15 is 0 Å². The quantitative estimate of drug-likeness (QED) is 0.813. The monoisotopic (exact) mass is 339 g/mol. The first-order valence-corrected chi connectivity index (χ1v) is 8.36. The number of aromatic nitrogens is 3. The second kappa shape index (κ2) is 7.37. The van der Waals surface area contributed by atoms with Crippen LogP contribution >= 0.6 is 23.8 Å². The Morgan fingerprint density at radius 2 is 2.09 bits per heavy atom. The Morgan fingerprint density at radius 1 is 1.32 bits per heavy atom. The maximum absolute atomic E-state index is 6.28. The first kappa shape index (κ1) is 15.7. The molecule has 1 aromatic carbocycles. The van der Waals surface area contributed by atoms with Crippen LogP contribution in [0.2, 0.25) is 5.02 Å². The van der Waals surface area contributed by atoms with Gasteiger partial charge in [0.05, 0.1) is 24.8 Å². The van der Waals surface area contributed by atoms with Gasteiger partial charge in [0, 0.05) is 18.5 Å². The third-order valence-electron chi connectivity index (χ3n) is 3.98. The van der Waals surface area contributed by atoms with E-state index in [9.17, 15) is 0 Å². The summed E-state index contributed by atoms with van der Waals surface area (Å²) in [6, 6.07) is 7.72. The summed E-state index contributed by atoms with van der Waals surface area (Å²) in [4.78, 5) is 1.60. The number of benzene rings is 1. The highest BCUT2D eigenvalue weighted by Gasteiger charge is 2.15. The lowest BCUT2D eigenvalue weighted by atomic mass is 10.2. The van der Waals surface area contributed by atoms with E-state index in [1.807, 2.05) is 28.8 Å². The molecule has 1 saturated heterocycles. The molecule has 2 N–H and O–H groups in total. The summed E-state index contributed by atoms with van der Waals surface area (Å²) in [6.45, 7) is 5.89. The number of nitrogens with one attached hydrogen (secondary N) is 2. The Bertz CT molecular complexity index is 678. The van der Waals surface area contributed by atoms with Crippen molar-refractivity contribution < 1.29 is 9.64 Å². The van der Waals surface area contributed by atoms with Gasteiger partial charge in [-0.05, 0) is 24.4 Å². The molecule has 7 heteroatoms. The van der Waals surface area contributed by atoms with Gasteiger partial charge in [0.15, 0.2) is 10.6 Å². The number of H-pyrrole nitrogens is 1. The number of quaternary nitrogens is 1. The molecule has 0 unspecified atom stereocenters. The van der Waals surface area contributed by atoms with Crippen LogP contribution in [-0.2, 0) is 11.3 Å². The van der Waals surface area contributed by atoms with Crippen LogP contribution in [0.5, 0.6) is 0 Å². The number of ether oxygens (including phenoxy) is 1. The molecule has 1 aliphatic heterocycles. The number of rotatable bonds is 5. The standard InChI is InChI=1S/C15H19ClN4OS/c16-13-5-2-1-4-12(13)14-17-18-15(22)20(14)7-3-6-19-8-10-21-11-9-19/h1-2,4-5H,3,6-11H2,(H,18,22)/p+1. The Morgan fingerprint density at radius 3 is 2.86 bits per heavy atom. The summed E-state index contributed by atoms with van der Waals surface area (Å²) >= 11 is 11.6. The molecular formula is C15H20ClN4OS+. The molecule has 1 fully saturated rings. The molecule has 0 aliphatic carbocycles. The predicted octanol–water partition coefficient (Wildman–Crippen LogP) is 1.57. The topological polar surface area (TPSA) is 47.3 Å². The molecule has 2 aromatic rings. The van der Waals surface area contributed by atoms with Crippen LogP contribution in [-0.4, -0.2) is 47.6 Å². The fourth-order valence-electron chi connectivity index (χ4n) is 2.77. The van der Waals surface area contributed by atoms with Crippen LogP contribution in [0.4, 0.5) is 0 Å². The molecule has 22 heavy (non-hydrogen) atoms. The summed E-state index contributed by atoms with van der Waals surface area (Å²) in [5.74, 6) is 0.813. The lowest BCUT2D eigenvalue weighted by Gasteiger charge is -2.23. The van der Waals surface area contributed by atoms with Crippen molar-refractivity contribution in [2.45, 2.75) is 13.0 Å². The summed E-state index contributed by atoms with van der Waals surface area (Å²) in [5, 5.41) is 7.92. The van der Waals surface area contributed by atoms with Crippen molar-refractivity contribution in [2.24, 2.45) is 0 Å². The number of halogens is 1. The molecule has 0 amide bonds. The van der Waals surface area contributed by atoms with Gasteiger partial charge in [0.2, 0.25) is 0 Å². The van der Waals surface area contributed by atoms with Gasteiger partial charge in [0.25, 0.3) is 0 Å². The van der Waals surface area contributed by atoms with Gasteiger partial charge in [-0.2, -0.15) is 5.10 Å². The van der Waals surface area contributed by atoms with E-state index in [4.69, 9.17) is 28.6 Å². The van der Waals surface area contributed by atoms with Crippen LogP contribution in [0, 0.1) is 4.77 Å². The fourth-order valence-corrected chi connectivity index (χ4v) is 3.21. The van der Waals surface area contributed by atoms with Gasteiger partial charge in [-0.1, -0.05) is 23.7 Å². The number of hydrogen-bond acceptors (Lipinski definition) is 3. The second-order valence-corrected chi connectivity index (χ2v) is 6.24. The van der Waals surface area contributed by atoms with Crippen molar-refractivity contribution in [1.82, 2.24) is 14.8 Å². The summed E-state index contributed by atoms with van der Waals surface area (Å²) < 4.78 is 8.07. The van der Waals surface area contributed by atoms with Gasteiger partial charge >= 0.3 is 0 Å². The summed E-state index contributed by atoms with van der Waals surface area (Å²) in [5.41, 5.74) is 0.912. The van der Waals surface area contributed by atoms with E-state index in [1.165, 1.54) is 0 Å². The van der Waals surface area contributed by atoms with E-state index < -0.39 is 0 Å². The minimum absolute atomic E-state index is 0.645. The molecule has 118 valence electrons. The fraction of sp³-hybridized carbons (Fsp3) is 0.467. The molecule has 0 radical (unpaired) electrons. The third kappa shape index (κ3) is 3.57. The Kier molecular flexibility index (Phi) is 5.25. The van der Waals surface area contributed by atoms with E-state index in [0.29, 0.717) is 9.79 Å². The number of nitrogens with zero attached hydrogens (tertiary/aromatic N) is 2. The average molecular weight is 340 g/mol. The number of hydrogen-bond donors (Lipinski definition) is 2. The molecule has 2 heterocycles. The van der Waals surface area contributed by atoms with Crippen LogP contribution < -0.4 is 4.90 Å². The van der Waals surface area contributed by atoms with Gasteiger partial charge < -0.3 is 9.64 Å². The van der Waals surface area contributed by atoms with Gasteiger partial charge in [0.1, 0.15) is 13.1 Å². The van der Waals surface area contributed by atoms with Crippen molar-refractivity contribution in [3.8, 4) is 11.4 Å². The summed E-state index contributed by atoms with van der Waals surface area (Å²) in [7, 11) is 0. The van der Waals surface area contributed by atoms with Gasteiger partial charge in [-0.25, -0.2) is 0 Å². The first-order chi connectivity index (χ1) is 10.8.